The molecule has 0 fully saturated rings. The Morgan fingerprint density at radius 2 is 1.73 bits per heavy atom. The molecule has 1 aliphatic rings. The number of benzene rings is 2. The molecule has 166 valence electrons. The Morgan fingerprint density at radius 3 is 2.52 bits per heavy atom. The van der Waals surface area contributed by atoms with Crippen molar-refractivity contribution in [1.29, 1.82) is 0 Å². The van der Waals surface area contributed by atoms with E-state index in [0.29, 0.717) is 23.1 Å². The van der Waals surface area contributed by atoms with Gasteiger partial charge in [-0.25, -0.2) is 14.6 Å². The van der Waals surface area contributed by atoms with Crippen LogP contribution < -0.4 is 4.90 Å². The summed E-state index contributed by atoms with van der Waals surface area (Å²) in [5.41, 5.74) is 5.95. The molecule has 0 saturated heterocycles. The third-order valence-corrected chi connectivity index (χ3v) is 6.48. The lowest BCUT2D eigenvalue weighted by molar-refractivity contribution is 0.0979. The number of rotatable bonds is 5. The maximum Gasteiger partial charge on any atom is 0.280 e. The Balaban J connectivity index is 1.52. The summed E-state index contributed by atoms with van der Waals surface area (Å²) in [5, 5.41) is 9.40. The molecule has 0 N–H and O–H groups in total. The van der Waals surface area contributed by atoms with E-state index in [1.54, 1.807) is 4.68 Å². The van der Waals surface area contributed by atoms with Gasteiger partial charge in [0.1, 0.15) is 0 Å². The standard InChI is InChI=1S/C25H24N6OS/c1-17-15-18(2)27-25(26-17)33-16-22-23(28-29-31(22)20-11-4-3-5-12-20)24(32)30-14-8-10-19-9-6-7-13-21(19)30/h3-7,9,11-13,15H,8,10,14,16H2,1-2H3. The second kappa shape index (κ2) is 9.15. The van der Waals surface area contributed by atoms with Gasteiger partial charge < -0.3 is 4.90 Å². The van der Waals surface area contributed by atoms with E-state index in [1.165, 1.54) is 17.3 Å². The maximum absolute atomic E-state index is 13.7. The number of hydrogen-bond acceptors (Lipinski definition) is 6. The Hall–Kier alpha value is -3.52. The molecule has 2 aromatic carbocycles. The van der Waals surface area contributed by atoms with Crippen LogP contribution in [0.1, 0.15) is 39.6 Å². The first kappa shape index (κ1) is 21.3. The number of aromatic nitrogens is 5. The summed E-state index contributed by atoms with van der Waals surface area (Å²) in [6.45, 7) is 4.58. The Labute approximate surface area is 196 Å². The fourth-order valence-electron chi connectivity index (χ4n) is 4.14. The maximum atomic E-state index is 13.7. The lowest BCUT2D eigenvalue weighted by Gasteiger charge is -2.29. The van der Waals surface area contributed by atoms with Crippen molar-refractivity contribution in [3.63, 3.8) is 0 Å². The van der Waals surface area contributed by atoms with Gasteiger partial charge in [-0.05, 0) is 56.5 Å². The zero-order valence-corrected chi connectivity index (χ0v) is 19.4. The van der Waals surface area contributed by atoms with E-state index in [9.17, 15) is 4.79 Å². The van der Waals surface area contributed by atoms with Gasteiger partial charge in [0.15, 0.2) is 10.9 Å². The third kappa shape index (κ3) is 4.39. The van der Waals surface area contributed by atoms with Crippen LogP contribution in [0.3, 0.4) is 0 Å². The highest BCUT2D eigenvalue weighted by atomic mass is 32.2. The average Bonchev–Trinajstić information content (AvgIpc) is 3.26. The number of carbonyl (C=O) groups is 1. The van der Waals surface area contributed by atoms with Crippen LogP contribution in [0, 0.1) is 13.8 Å². The summed E-state index contributed by atoms with van der Waals surface area (Å²) in [6.07, 6.45) is 1.90. The fraction of sp³-hybridized carbons (Fsp3) is 0.240. The molecule has 0 aliphatic carbocycles. The molecule has 33 heavy (non-hydrogen) atoms. The predicted octanol–water partition coefficient (Wildman–Crippen LogP) is 4.56. The summed E-state index contributed by atoms with van der Waals surface area (Å²) in [4.78, 5) is 24.6. The van der Waals surface area contributed by atoms with Gasteiger partial charge in [0, 0.05) is 29.4 Å². The molecule has 5 rings (SSSR count). The first-order valence-corrected chi connectivity index (χ1v) is 11.9. The van der Waals surface area contributed by atoms with Crippen molar-refractivity contribution in [2.75, 3.05) is 11.4 Å². The van der Waals surface area contributed by atoms with Crippen LogP contribution in [0.15, 0.2) is 65.8 Å². The lowest BCUT2D eigenvalue weighted by Crippen LogP contribution is -2.36. The summed E-state index contributed by atoms with van der Waals surface area (Å²) in [7, 11) is 0. The highest BCUT2D eigenvalue weighted by molar-refractivity contribution is 7.98. The molecular formula is C25H24N6OS. The minimum absolute atomic E-state index is 0.124. The largest absolute Gasteiger partial charge is 0.307 e. The number of thioether (sulfide) groups is 1. The van der Waals surface area contributed by atoms with E-state index in [0.717, 1.165) is 41.3 Å². The Kier molecular flexibility index (Phi) is 5.92. The van der Waals surface area contributed by atoms with E-state index >= 15 is 0 Å². The normalized spacial score (nSPS) is 13.1. The molecule has 1 amide bonds. The van der Waals surface area contributed by atoms with Crippen molar-refractivity contribution in [3.05, 3.63) is 89.0 Å². The minimum atomic E-state index is -0.124. The van der Waals surface area contributed by atoms with Crippen LogP contribution in [-0.4, -0.2) is 37.4 Å². The monoisotopic (exact) mass is 456 g/mol. The van der Waals surface area contributed by atoms with Crippen molar-refractivity contribution < 1.29 is 4.79 Å². The van der Waals surface area contributed by atoms with Crippen LogP contribution in [0.25, 0.3) is 5.69 Å². The van der Waals surface area contributed by atoms with Crippen LogP contribution >= 0.6 is 11.8 Å². The number of nitrogens with zero attached hydrogens (tertiary/aromatic N) is 6. The van der Waals surface area contributed by atoms with Crippen LogP contribution in [0.4, 0.5) is 5.69 Å². The fourth-order valence-corrected chi connectivity index (χ4v) is 5.08. The first-order chi connectivity index (χ1) is 16.1. The molecule has 0 unspecified atom stereocenters. The number of hydrogen-bond donors (Lipinski definition) is 0. The van der Waals surface area contributed by atoms with Gasteiger partial charge >= 0.3 is 0 Å². The molecule has 2 aromatic heterocycles. The molecule has 0 spiro atoms. The second-order valence-electron chi connectivity index (χ2n) is 8.04. The quantitative estimate of drug-likeness (QED) is 0.324. The molecule has 8 heteroatoms. The number of fused-ring (bicyclic) bond motifs is 1. The average molecular weight is 457 g/mol. The summed E-state index contributed by atoms with van der Waals surface area (Å²) in [5.74, 6) is 0.350. The van der Waals surface area contributed by atoms with Crippen LogP contribution in [0.2, 0.25) is 0 Å². The number of aryl methyl sites for hydroxylation is 3. The van der Waals surface area contributed by atoms with Crippen molar-refractivity contribution >= 4 is 23.4 Å². The van der Waals surface area contributed by atoms with Crippen molar-refractivity contribution in [2.24, 2.45) is 0 Å². The van der Waals surface area contributed by atoms with E-state index in [1.807, 2.05) is 73.3 Å². The molecule has 4 aromatic rings. The van der Waals surface area contributed by atoms with Gasteiger partial charge in [-0.3, -0.25) is 4.79 Å². The highest BCUT2D eigenvalue weighted by Crippen LogP contribution is 2.30. The van der Waals surface area contributed by atoms with Crippen LogP contribution in [0.5, 0.6) is 0 Å². The van der Waals surface area contributed by atoms with Gasteiger partial charge in [0.25, 0.3) is 5.91 Å². The topological polar surface area (TPSA) is 76.8 Å². The molecule has 0 saturated carbocycles. The zero-order valence-electron chi connectivity index (χ0n) is 18.6. The SMILES string of the molecule is Cc1cc(C)nc(SCc2c(C(=O)N3CCCc4ccccc43)nnn2-c2ccccc2)n1. The van der Waals surface area contributed by atoms with Crippen molar-refractivity contribution in [2.45, 2.75) is 37.6 Å². The molecule has 3 heterocycles. The molecule has 7 nitrogen and oxygen atoms in total. The smallest absolute Gasteiger partial charge is 0.280 e. The highest BCUT2D eigenvalue weighted by Gasteiger charge is 2.29. The minimum Gasteiger partial charge on any atom is -0.307 e. The predicted molar refractivity (Wildman–Crippen MR) is 129 cm³/mol. The van der Waals surface area contributed by atoms with E-state index in [4.69, 9.17) is 0 Å². The van der Waals surface area contributed by atoms with Gasteiger partial charge in [-0.15, -0.1) is 5.10 Å². The van der Waals surface area contributed by atoms with Gasteiger partial charge in [0.2, 0.25) is 0 Å². The summed E-state index contributed by atoms with van der Waals surface area (Å²) in [6, 6.07) is 19.8. The van der Waals surface area contributed by atoms with Gasteiger partial charge in [-0.1, -0.05) is 53.4 Å². The number of anilines is 1. The number of amides is 1. The molecule has 0 bridgehead atoms. The first-order valence-electron chi connectivity index (χ1n) is 10.9. The van der Waals surface area contributed by atoms with Crippen molar-refractivity contribution in [3.8, 4) is 5.69 Å². The van der Waals surface area contributed by atoms with Crippen LogP contribution in [-0.2, 0) is 12.2 Å². The molecule has 0 radical (unpaired) electrons. The molecular weight excluding hydrogens is 432 g/mol. The van der Waals surface area contributed by atoms with E-state index in [2.05, 4.69) is 26.3 Å². The van der Waals surface area contributed by atoms with Crippen molar-refractivity contribution in [1.82, 2.24) is 25.0 Å². The third-order valence-electron chi connectivity index (χ3n) is 5.62. The lowest BCUT2D eigenvalue weighted by atomic mass is 10.0. The van der Waals surface area contributed by atoms with Gasteiger partial charge in [0.05, 0.1) is 11.4 Å². The zero-order chi connectivity index (χ0) is 22.8. The summed E-state index contributed by atoms with van der Waals surface area (Å²) < 4.78 is 1.75. The molecule has 1 aliphatic heterocycles. The summed E-state index contributed by atoms with van der Waals surface area (Å²) >= 11 is 1.49. The number of para-hydroxylation sites is 2. The number of carbonyl (C=O) groups excluding carboxylic acids is 1. The Bertz CT molecular complexity index is 1280. The Morgan fingerprint density at radius 1 is 1.00 bits per heavy atom. The van der Waals surface area contributed by atoms with Gasteiger partial charge in [-0.2, -0.15) is 0 Å². The molecule has 0 atom stereocenters. The van der Waals surface area contributed by atoms with E-state index in [-0.39, 0.29) is 5.91 Å². The van der Waals surface area contributed by atoms with E-state index < -0.39 is 0 Å². The second-order valence-corrected chi connectivity index (χ2v) is 8.99.